The van der Waals surface area contributed by atoms with E-state index in [0.29, 0.717) is 28.8 Å². The van der Waals surface area contributed by atoms with Gasteiger partial charge >= 0.3 is 0 Å². The molecule has 2 amide bonds. The Labute approximate surface area is 190 Å². The summed E-state index contributed by atoms with van der Waals surface area (Å²) in [4.78, 5) is 32.8. The van der Waals surface area contributed by atoms with Crippen LogP contribution < -0.4 is 4.90 Å². The van der Waals surface area contributed by atoms with Crippen LogP contribution in [0.15, 0.2) is 60.7 Å². The number of imide groups is 1. The van der Waals surface area contributed by atoms with Crippen LogP contribution in [0.3, 0.4) is 0 Å². The molecule has 6 heteroatoms. The molecule has 1 aliphatic heterocycles. The highest BCUT2D eigenvalue weighted by Gasteiger charge is 2.55. The van der Waals surface area contributed by atoms with Gasteiger partial charge in [0.1, 0.15) is 10.3 Å². The van der Waals surface area contributed by atoms with Crippen molar-refractivity contribution in [1.82, 2.24) is 4.98 Å². The van der Waals surface area contributed by atoms with Crippen molar-refractivity contribution in [3.05, 3.63) is 93.2 Å². The lowest BCUT2D eigenvalue weighted by Crippen LogP contribution is -2.34. The molecule has 0 unspecified atom stereocenters. The molecule has 1 aliphatic carbocycles. The van der Waals surface area contributed by atoms with Crippen LogP contribution in [0.1, 0.15) is 28.2 Å². The van der Waals surface area contributed by atoms with Crippen molar-refractivity contribution in [2.45, 2.75) is 25.7 Å². The maximum atomic E-state index is 13.6. The zero-order valence-corrected chi connectivity index (χ0v) is 18.4. The Bertz CT molecular complexity index is 1180. The van der Waals surface area contributed by atoms with Gasteiger partial charge in [-0.15, -0.1) is 0 Å². The van der Waals surface area contributed by atoms with Crippen LogP contribution in [0.4, 0.5) is 5.69 Å². The molecule has 1 aromatic heterocycles. The van der Waals surface area contributed by atoms with E-state index in [4.69, 9.17) is 23.2 Å². The van der Waals surface area contributed by atoms with E-state index in [0.717, 1.165) is 22.3 Å². The number of carbonyl (C=O) groups excluding carboxylic acids is 2. The predicted molar refractivity (Wildman–Crippen MR) is 122 cm³/mol. The maximum Gasteiger partial charge on any atom is 0.238 e. The van der Waals surface area contributed by atoms with E-state index >= 15 is 0 Å². The number of para-hydroxylation sites is 1. The number of aromatic nitrogens is 1. The first kappa shape index (κ1) is 20.2. The molecule has 2 aromatic carbocycles. The van der Waals surface area contributed by atoms with Gasteiger partial charge in [-0.3, -0.25) is 14.5 Å². The van der Waals surface area contributed by atoms with Crippen LogP contribution >= 0.6 is 23.2 Å². The van der Waals surface area contributed by atoms with Gasteiger partial charge in [0.05, 0.1) is 17.5 Å². The Hall–Kier alpha value is -2.69. The van der Waals surface area contributed by atoms with Crippen molar-refractivity contribution >= 4 is 40.7 Å². The van der Waals surface area contributed by atoms with Crippen LogP contribution in [0.5, 0.6) is 0 Å². The molecule has 1 saturated heterocycles. The minimum atomic E-state index is -0.486. The summed E-state index contributed by atoms with van der Waals surface area (Å²) in [5.74, 6) is -1.51. The number of nitrogens with zero attached hydrogens (tertiary/aromatic N) is 2. The summed E-state index contributed by atoms with van der Waals surface area (Å²) in [5, 5.41) is 0.667. The lowest BCUT2D eigenvalue weighted by molar-refractivity contribution is -0.122. The van der Waals surface area contributed by atoms with Crippen molar-refractivity contribution in [1.29, 1.82) is 0 Å². The first-order chi connectivity index (χ1) is 15.0. The van der Waals surface area contributed by atoms with E-state index in [-0.39, 0.29) is 17.7 Å². The highest BCUT2D eigenvalue weighted by atomic mass is 35.5. The van der Waals surface area contributed by atoms with Crippen molar-refractivity contribution in [2.75, 3.05) is 4.90 Å². The van der Waals surface area contributed by atoms with Gasteiger partial charge in [0.15, 0.2) is 0 Å². The molecule has 0 spiro atoms. The first-order valence-electron chi connectivity index (χ1n) is 10.3. The standard InChI is InChI=1S/C25H20Cl2N2O2/c1-14-17-13-19-21(25(31)29(24(19)30)16-10-6-3-7-11-16)18(12-15-8-4-2-5-9-15)20(17)23(27)28-22(14)26/h2-11,18-19,21H,12-13H2,1H3/t18-,19+,21-/m1/s1. The van der Waals surface area contributed by atoms with Gasteiger partial charge in [0, 0.05) is 5.92 Å². The van der Waals surface area contributed by atoms with Gasteiger partial charge in [-0.2, -0.15) is 0 Å². The van der Waals surface area contributed by atoms with Crippen molar-refractivity contribution in [3.8, 4) is 0 Å². The van der Waals surface area contributed by atoms with Gasteiger partial charge in [0.25, 0.3) is 0 Å². The molecule has 0 bridgehead atoms. The molecule has 156 valence electrons. The second-order valence-corrected chi connectivity index (χ2v) is 8.91. The molecule has 2 aliphatic rings. The van der Waals surface area contributed by atoms with Crippen LogP contribution in [0, 0.1) is 18.8 Å². The van der Waals surface area contributed by atoms with Gasteiger partial charge in [0.2, 0.25) is 11.8 Å². The molecule has 31 heavy (non-hydrogen) atoms. The molecule has 0 N–H and O–H groups in total. The first-order valence-corrected chi connectivity index (χ1v) is 11.0. The highest BCUT2D eigenvalue weighted by molar-refractivity contribution is 6.33. The average Bonchev–Trinajstić information content (AvgIpc) is 3.03. The summed E-state index contributed by atoms with van der Waals surface area (Å²) in [7, 11) is 0. The average molecular weight is 451 g/mol. The lowest BCUT2D eigenvalue weighted by atomic mass is 9.68. The number of hydrogen-bond donors (Lipinski definition) is 0. The summed E-state index contributed by atoms with van der Waals surface area (Å²) in [6.45, 7) is 1.90. The maximum absolute atomic E-state index is 13.6. The lowest BCUT2D eigenvalue weighted by Gasteiger charge is -2.34. The van der Waals surface area contributed by atoms with Gasteiger partial charge in [-0.05, 0) is 54.2 Å². The summed E-state index contributed by atoms with van der Waals surface area (Å²) < 4.78 is 0. The molecule has 1 fully saturated rings. The molecule has 4 nitrogen and oxygen atoms in total. The van der Waals surface area contributed by atoms with Gasteiger partial charge in [-0.25, -0.2) is 4.98 Å². The second-order valence-electron chi connectivity index (χ2n) is 8.19. The zero-order chi connectivity index (χ0) is 21.7. The van der Waals surface area contributed by atoms with Crippen LogP contribution in [-0.2, 0) is 22.4 Å². The molecule has 0 radical (unpaired) electrons. The highest BCUT2D eigenvalue weighted by Crippen LogP contribution is 2.50. The molecule has 5 rings (SSSR count). The summed E-state index contributed by atoms with van der Waals surface area (Å²) in [6, 6.07) is 19.1. The van der Waals surface area contributed by atoms with Crippen molar-refractivity contribution in [2.24, 2.45) is 11.8 Å². The van der Waals surface area contributed by atoms with Crippen LogP contribution in [0.25, 0.3) is 0 Å². The molecular weight excluding hydrogens is 431 g/mol. The number of halogens is 2. The van der Waals surface area contributed by atoms with Crippen molar-refractivity contribution in [3.63, 3.8) is 0 Å². The number of pyridine rings is 1. The number of benzene rings is 2. The minimum Gasteiger partial charge on any atom is -0.274 e. The van der Waals surface area contributed by atoms with Gasteiger partial charge < -0.3 is 0 Å². The van der Waals surface area contributed by atoms with Gasteiger partial charge in [-0.1, -0.05) is 71.7 Å². The fourth-order valence-corrected chi connectivity index (χ4v) is 5.65. The molecule has 2 heterocycles. The van der Waals surface area contributed by atoms with E-state index in [1.807, 2.05) is 55.5 Å². The number of anilines is 1. The smallest absolute Gasteiger partial charge is 0.238 e. The number of carbonyl (C=O) groups is 2. The number of hydrogen-bond acceptors (Lipinski definition) is 3. The Kier molecular flexibility index (Phi) is 5.07. The zero-order valence-electron chi connectivity index (χ0n) is 16.9. The third kappa shape index (κ3) is 3.26. The normalized spacial score (nSPS) is 22.4. The third-order valence-electron chi connectivity index (χ3n) is 6.52. The van der Waals surface area contributed by atoms with Crippen molar-refractivity contribution < 1.29 is 9.59 Å². The number of fused-ring (bicyclic) bond motifs is 2. The van der Waals surface area contributed by atoms with E-state index in [2.05, 4.69) is 4.98 Å². The molecule has 3 atom stereocenters. The SMILES string of the molecule is Cc1c(Cl)nc(Cl)c2c1C[C@@H]1C(=O)N(c3ccccc3)C(=O)[C@@H]1[C@@H]2Cc1ccccc1. The van der Waals surface area contributed by atoms with Crippen LogP contribution in [-0.4, -0.2) is 16.8 Å². The molecule has 0 saturated carbocycles. The Morgan fingerprint density at radius 1 is 0.935 bits per heavy atom. The van der Waals surface area contributed by atoms with E-state index in [9.17, 15) is 9.59 Å². The Morgan fingerprint density at radius 2 is 1.58 bits per heavy atom. The van der Waals surface area contributed by atoms with E-state index < -0.39 is 11.8 Å². The Morgan fingerprint density at radius 3 is 2.26 bits per heavy atom. The summed E-state index contributed by atoms with van der Waals surface area (Å²) >= 11 is 12.9. The predicted octanol–water partition coefficient (Wildman–Crippen LogP) is 5.39. The second kappa shape index (κ2) is 7.77. The van der Waals surface area contributed by atoms with E-state index in [1.165, 1.54) is 4.90 Å². The summed E-state index contributed by atoms with van der Waals surface area (Å²) in [5.41, 5.74) is 4.32. The number of rotatable bonds is 3. The quantitative estimate of drug-likeness (QED) is 0.397. The summed E-state index contributed by atoms with van der Waals surface area (Å²) in [6.07, 6.45) is 1.03. The minimum absolute atomic E-state index is 0.159. The topological polar surface area (TPSA) is 50.3 Å². The van der Waals surface area contributed by atoms with E-state index in [1.54, 1.807) is 12.1 Å². The molecule has 3 aromatic rings. The molecular formula is C25H20Cl2N2O2. The monoisotopic (exact) mass is 450 g/mol. The Balaban J connectivity index is 1.66. The fourth-order valence-electron chi connectivity index (χ4n) is 5.07. The van der Waals surface area contributed by atoms with Crippen LogP contribution in [0.2, 0.25) is 10.3 Å². The third-order valence-corrected chi connectivity index (χ3v) is 7.18. The number of amides is 2. The fraction of sp³-hybridized carbons (Fsp3) is 0.240. The largest absolute Gasteiger partial charge is 0.274 e.